The van der Waals surface area contributed by atoms with Gasteiger partial charge in [-0.1, -0.05) is 23.2 Å². The van der Waals surface area contributed by atoms with E-state index in [1.165, 1.54) is 0 Å². The van der Waals surface area contributed by atoms with Gasteiger partial charge < -0.3 is 5.32 Å². The highest BCUT2D eigenvalue weighted by Gasteiger charge is 2.35. The highest BCUT2D eigenvalue weighted by molar-refractivity contribution is 7.91. The molecule has 2 aliphatic rings. The number of rotatable bonds is 3. The number of carbonyl (C=O) groups is 1. The second-order valence-electron chi connectivity index (χ2n) is 6.71. The van der Waals surface area contributed by atoms with Crippen LogP contribution in [0.25, 0.3) is 0 Å². The normalized spacial score (nSPS) is 20.9. The Kier molecular flexibility index (Phi) is 4.49. The summed E-state index contributed by atoms with van der Waals surface area (Å²) in [5, 5.41) is 8.22. The molecule has 1 saturated heterocycles. The van der Waals surface area contributed by atoms with Gasteiger partial charge in [0.25, 0.3) is 5.91 Å². The van der Waals surface area contributed by atoms with Crippen LogP contribution in [0.3, 0.4) is 0 Å². The number of sulfone groups is 1. The van der Waals surface area contributed by atoms with Crippen LogP contribution in [-0.4, -0.2) is 35.6 Å². The number of fused-ring (bicyclic) bond motifs is 1. The standard InChI is InChI=1S/C17H17Cl2N3O3S/c18-10-4-5-13(19)15(8-10)20-17(23)16-12-2-1-3-14(12)21-22(16)11-6-7-26(24,25)9-11/h4-5,8,11H,1-3,6-7,9H2,(H,20,23). The summed E-state index contributed by atoms with van der Waals surface area (Å²) in [6, 6.07) is 4.54. The number of aromatic nitrogens is 2. The minimum Gasteiger partial charge on any atom is -0.319 e. The van der Waals surface area contributed by atoms with Crippen LogP contribution in [0.2, 0.25) is 10.0 Å². The van der Waals surface area contributed by atoms with Gasteiger partial charge in [0.15, 0.2) is 9.84 Å². The lowest BCUT2D eigenvalue weighted by molar-refractivity contribution is 0.101. The van der Waals surface area contributed by atoms with E-state index in [1.807, 2.05) is 0 Å². The Morgan fingerprint density at radius 1 is 1.27 bits per heavy atom. The van der Waals surface area contributed by atoms with Crippen molar-refractivity contribution in [2.24, 2.45) is 0 Å². The molecule has 1 fully saturated rings. The van der Waals surface area contributed by atoms with Crippen LogP contribution >= 0.6 is 23.2 Å². The van der Waals surface area contributed by atoms with Gasteiger partial charge in [-0.15, -0.1) is 0 Å². The van der Waals surface area contributed by atoms with E-state index in [0.29, 0.717) is 27.8 Å². The Morgan fingerprint density at radius 2 is 2.08 bits per heavy atom. The fraction of sp³-hybridized carbons (Fsp3) is 0.412. The summed E-state index contributed by atoms with van der Waals surface area (Å²) >= 11 is 12.1. The Hall–Kier alpha value is -1.57. The van der Waals surface area contributed by atoms with Gasteiger partial charge in [0.1, 0.15) is 5.69 Å². The van der Waals surface area contributed by atoms with Gasteiger partial charge >= 0.3 is 0 Å². The lowest BCUT2D eigenvalue weighted by Gasteiger charge is -2.15. The average molecular weight is 414 g/mol. The maximum atomic E-state index is 13.0. The van der Waals surface area contributed by atoms with E-state index in [-0.39, 0.29) is 23.5 Å². The largest absolute Gasteiger partial charge is 0.319 e. The second-order valence-corrected chi connectivity index (χ2v) is 9.78. The Bertz CT molecular complexity index is 1000. The average Bonchev–Trinajstić information content (AvgIpc) is 3.23. The molecule has 1 aliphatic carbocycles. The number of amides is 1. The molecule has 1 aromatic carbocycles. The summed E-state index contributed by atoms with van der Waals surface area (Å²) in [4.78, 5) is 13.0. The van der Waals surface area contributed by atoms with Gasteiger partial charge in [-0.3, -0.25) is 9.48 Å². The molecule has 1 amide bonds. The maximum absolute atomic E-state index is 13.0. The van der Waals surface area contributed by atoms with Gasteiger partial charge in [0.05, 0.1) is 34.0 Å². The van der Waals surface area contributed by atoms with Crippen molar-refractivity contribution in [2.75, 3.05) is 16.8 Å². The molecule has 1 unspecified atom stereocenters. The van der Waals surface area contributed by atoms with Crippen LogP contribution in [0.1, 0.15) is 40.6 Å². The summed E-state index contributed by atoms with van der Waals surface area (Å²) in [7, 11) is -3.08. The summed E-state index contributed by atoms with van der Waals surface area (Å²) in [5.41, 5.74) is 2.65. The molecule has 4 rings (SSSR count). The van der Waals surface area contributed by atoms with Crippen molar-refractivity contribution in [3.05, 3.63) is 45.2 Å². The summed E-state index contributed by atoms with van der Waals surface area (Å²) < 4.78 is 25.4. The molecule has 0 saturated carbocycles. The molecule has 1 atom stereocenters. The zero-order valence-electron chi connectivity index (χ0n) is 13.8. The molecule has 138 valence electrons. The maximum Gasteiger partial charge on any atom is 0.274 e. The molecule has 1 aliphatic heterocycles. The molecule has 6 nitrogen and oxygen atoms in total. The predicted molar refractivity (Wildman–Crippen MR) is 101 cm³/mol. The second kappa shape index (κ2) is 6.55. The van der Waals surface area contributed by atoms with E-state index in [4.69, 9.17) is 23.2 Å². The molecular formula is C17H17Cl2N3O3S. The highest BCUT2D eigenvalue weighted by Crippen LogP contribution is 2.32. The van der Waals surface area contributed by atoms with Gasteiger partial charge in [-0.2, -0.15) is 5.10 Å². The molecule has 26 heavy (non-hydrogen) atoms. The highest BCUT2D eigenvalue weighted by atomic mass is 35.5. The molecule has 0 radical (unpaired) electrons. The van der Waals surface area contributed by atoms with Crippen LogP contribution < -0.4 is 5.32 Å². The van der Waals surface area contributed by atoms with Gasteiger partial charge in [-0.05, 0) is 43.9 Å². The van der Waals surface area contributed by atoms with E-state index in [9.17, 15) is 13.2 Å². The number of nitrogens with one attached hydrogen (secondary N) is 1. The quantitative estimate of drug-likeness (QED) is 0.836. The van der Waals surface area contributed by atoms with Crippen molar-refractivity contribution in [1.82, 2.24) is 9.78 Å². The Morgan fingerprint density at radius 3 is 2.81 bits per heavy atom. The van der Waals surface area contributed by atoms with Crippen LogP contribution in [0, 0.1) is 0 Å². The number of aryl methyl sites for hydroxylation is 1. The molecule has 9 heteroatoms. The Balaban J connectivity index is 1.71. The van der Waals surface area contributed by atoms with Crippen molar-refractivity contribution >= 4 is 44.6 Å². The van der Waals surface area contributed by atoms with Gasteiger partial charge in [0.2, 0.25) is 0 Å². The van der Waals surface area contributed by atoms with Crippen molar-refractivity contribution < 1.29 is 13.2 Å². The third-order valence-corrected chi connectivity index (χ3v) is 7.19. The third-order valence-electron chi connectivity index (χ3n) is 4.88. The fourth-order valence-corrected chi connectivity index (χ4v) is 5.69. The molecule has 2 aromatic rings. The minimum absolute atomic E-state index is 0.0196. The number of nitrogens with zero attached hydrogens (tertiary/aromatic N) is 2. The SMILES string of the molecule is O=C(Nc1cc(Cl)ccc1Cl)c1c2c(nn1C1CCS(=O)(=O)C1)CCC2. The van der Waals surface area contributed by atoms with Gasteiger partial charge in [-0.25, -0.2) is 8.42 Å². The number of halogens is 2. The van der Waals surface area contributed by atoms with Crippen molar-refractivity contribution in [3.63, 3.8) is 0 Å². The summed E-state index contributed by atoms with van der Waals surface area (Å²) in [6.07, 6.45) is 2.99. The zero-order valence-corrected chi connectivity index (χ0v) is 16.2. The lowest BCUT2D eigenvalue weighted by atomic mass is 10.1. The summed E-state index contributed by atoms with van der Waals surface area (Å²) in [5.74, 6) is -0.191. The third kappa shape index (κ3) is 3.23. The first-order valence-electron chi connectivity index (χ1n) is 8.41. The number of anilines is 1. The molecule has 1 aromatic heterocycles. The van der Waals surface area contributed by atoms with E-state index in [0.717, 1.165) is 30.5 Å². The van der Waals surface area contributed by atoms with Crippen LogP contribution in [0.15, 0.2) is 18.2 Å². The minimum atomic E-state index is -3.08. The first-order chi connectivity index (χ1) is 12.3. The molecule has 1 N–H and O–H groups in total. The van der Waals surface area contributed by atoms with E-state index in [2.05, 4.69) is 10.4 Å². The monoisotopic (exact) mass is 413 g/mol. The smallest absolute Gasteiger partial charge is 0.274 e. The van der Waals surface area contributed by atoms with Crippen LogP contribution in [-0.2, 0) is 22.7 Å². The predicted octanol–water partition coefficient (Wildman–Crippen LogP) is 3.29. The molecule has 0 bridgehead atoms. The first-order valence-corrected chi connectivity index (χ1v) is 11.0. The topological polar surface area (TPSA) is 81.1 Å². The number of carbonyl (C=O) groups excluding carboxylic acids is 1. The van der Waals surface area contributed by atoms with Crippen LogP contribution in [0.5, 0.6) is 0 Å². The first kappa shape index (κ1) is 17.8. The number of benzene rings is 1. The van der Waals surface area contributed by atoms with Crippen molar-refractivity contribution in [3.8, 4) is 0 Å². The van der Waals surface area contributed by atoms with E-state index >= 15 is 0 Å². The zero-order chi connectivity index (χ0) is 18.5. The Labute approximate surface area is 161 Å². The summed E-state index contributed by atoms with van der Waals surface area (Å²) in [6.45, 7) is 0. The lowest BCUT2D eigenvalue weighted by Crippen LogP contribution is -2.23. The van der Waals surface area contributed by atoms with Gasteiger partial charge in [0, 0.05) is 10.6 Å². The van der Waals surface area contributed by atoms with Crippen molar-refractivity contribution in [2.45, 2.75) is 31.7 Å². The molecular weight excluding hydrogens is 397 g/mol. The fourth-order valence-electron chi connectivity index (χ4n) is 3.66. The van der Waals surface area contributed by atoms with E-state index in [1.54, 1.807) is 22.9 Å². The number of hydrogen-bond acceptors (Lipinski definition) is 4. The van der Waals surface area contributed by atoms with Crippen molar-refractivity contribution in [1.29, 1.82) is 0 Å². The molecule has 2 heterocycles. The number of hydrogen-bond donors (Lipinski definition) is 1. The van der Waals surface area contributed by atoms with Crippen LogP contribution in [0.4, 0.5) is 5.69 Å². The molecule has 0 spiro atoms. The van der Waals surface area contributed by atoms with E-state index < -0.39 is 9.84 Å².